The Morgan fingerprint density at radius 3 is 2.75 bits per heavy atom. The standard InChI is InChI=1S/C18H26N2O3.ClH/c1-19-12-15-4-2-10-20(15)18(21)14-6-8-16(9-7-14)23-13-17-5-3-11-22-17;/h6-9,15,17,19H,2-5,10-13H2,1H3;1H. The zero-order valence-electron chi connectivity index (χ0n) is 14.2. The van der Waals surface area contributed by atoms with Crippen molar-refractivity contribution in [2.45, 2.75) is 37.8 Å². The summed E-state index contributed by atoms with van der Waals surface area (Å²) in [7, 11) is 1.93. The summed E-state index contributed by atoms with van der Waals surface area (Å²) in [5.74, 6) is 0.915. The van der Waals surface area contributed by atoms with Gasteiger partial charge in [-0.1, -0.05) is 0 Å². The molecule has 2 unspecified atom stereocenters. The molecule has 2 aliphatic heterocycles. The Hall–Kier alpha value is -1.30. The number of carbonyl (C=O) groups is 1. The first-order chi connectivity index (χ1) is 11.3. The summed E-state index contributed by atoms with van der Waals surface area (Å²) in [4.78, 5) is 14.6. The van der Waals surface area contributed by atoms with Gasteiger partial charge in [0.1, 0.15) is 12.4 Å². The number of hydrogen-bond acceptors (Lipinski definition) is 4. The maximum absolute atomic E-state index is 12.6. The zero-order valence-corrected chi connectivity index (χ0v) is 15.0. The fourth-order valence-electron chi connectivity index (χ4n) is 3.38. The van der Waals surface area contributed by atoms with Gasteiger partial charge in [0.2, 0.25) is 0 Å². The second-order valence-corrected chi connectivity index (χ2v) is 6.32. The van der Waals surface area contributed by atoms with E-state index in [9.17, 15) is 4.79 Å². The third-order valence-corrected chi connectivity index (χ3v) is 4.64. The van der Waals surface area contributed by atoms with Gasteiger partial charge in [0.05, 0.1) is 6.10 Å². The van der Waals surface area contributed by atoms with Crippen molar-refractivity contribution in [2.24, 2.45) is 0 Å². The summed E-state index contributed by atoms with van der Waals surface area (Å²) < 4.78 is 11.3. The first kappa shape index (κ1) is 19.0. The number of nitrogens with zero attached hydrogens (tertiary/aromatic N) is 1. The fourth-order valence-corrected chi connectivity index (χ4v) is 3.38. The van der Waals surface area contributed by atoms with Crippen molar-refractivity contribution in [3.05, 3.63) is 29.8 Å². The van der Waals surface area contributed by atoms with Crippen molar-refractivity contribution < 1.29 is 14.3 Å². The molecule has 1 aromatic rings. The summed E-state index contributed by atoms with van der Waals surface area (Å²) in [6.45, 7) is 3.13. The molecule has 6 heteroatoms. The number of hydrogen-bond donors (Lipinski definition) is 1. The lowest BCUT2D eigenvalue weighted by atomic mass is 10.1. The first-order valence-electron chi connectivity index (χ1n) is 8.58. The Morgan fingerprint density at radius 2 is 2.08 bits per heavy atom. The lowest BCUT2D eigenvalue weighted by Gasteiger charge is -2.24. The molecule has 1 N–H and O–H groups in total. The number of halogens is 1. The van der Waals surface area contributed by atoms with Crippen molar-refractivity contribution in [1.29, 1.82) is 0 Å². The minimum absolute atomic E-state index is 0. The highest BCUT2D eigenvalue weighted by Gasteiger charge is 2.28. The molecule has 2 heterocycles. The van der Waals surface area contributed by atoms with Crippen LogP contribution in [0.1, 0.15) is 36.0 Å². The third-order valence-electron chi connectivity index (χ3n) is 4.64. The van der Waals surface area contributed by atoms with Crippen LogP contribution >= 0.6 is 12.4 Å². The van der Waals surface area contributed by atoms with Gasteiger partial charge in [-0.2, -0.15) is 0 Å². The summed E-state index contributed by atoms with van der Waals surface area (Å²) >= 11 is 0. The molecule has 0 aliphatic carbocycles. The van der Waals surface area contributed by atoms with Crippen LogP contribution in [-0.4, -0.2) is 56.3 Å². The normalized spacial score (nSPS) is 23.1. The van der Waals surface area contributed by atoms with Crippen molar-refractivity contribution in [1.82, 2.24) is 10.2 Å². The van der Waals surface area contributed by atoms with Crippen molar-refractivity contribution in [3.63, 3.8) is 0 Å². The molecule has 0 saturated carbocycles. The van der Waals surface area contributed by atoms with Gasteiger partial charge in [0.15, 0.2) is 0 Å². The molecular formula is C18H27ClN2O3. The Labute approximate surface area is 150 Å². The smallest absolute Gasteiger partial charge is 0.254 e. The molecule has 134 valence electrons. The van der Waals surface area contributed by atoms with E-state index in [0.717, 1.165) is 56.7 Å². The van der Waals surface area contributed by atoms with E-state index >= 15 is 0 Å². The predicted molar refractivity (Wildman–Crippen MR) is 96.1 cm³/mol. The van der Waals surface area contributed by atoms with Crippen molar-refractivity contribution in [3.8, 4) is 5.75 Å². The minimum Gasteiger partial charge on any atom is -0.491 e. The second kappa shape index (κ2) is 9.25. The number of likely N-dealkylation sites (tertiary alicyclic amines) is 1. The van der Waals surface area contributed by atoms with Gasteiger partial charge in [-0.05, 0) is 57.0 Å². The molecular weight excluding hydrogens is 328 g/mol. The molecule has 0 radical (unpaired) electrons. The first-order valence-corrected chi connectivity index (χ1v) is 8.58. The SMILES string of the molecule is CNCC1CCCN1C(=O)c1ccc(OCC2CCCO2)cc1.Cl. The van der Waals surface area contributed by atoms with Gasteiger partial charge < -0.3 is 19.7 Å². The van der Waals surface area contributed by atoms with E-state index in [0.29, 0.717) is 12.6 Å². The van der Waals surface area contributed by atoms with Gasteiger partial charge in [0, 0.05) is 31.3 Å². The highest BCUT2D eigenvalue weighted by atomic mass is 35.5. The molecule has 0 spiro atoms. The molecule has 0 aromatic heterocycles. The highest BCUT2D eigenvalue weighted by molar-refractivity contribution is 5.94. The second-order valence-electron chi connectivity index (χ2n) is 6.32. The Bertz CT molecular complexity index is 518. The van der Waals surface area contributed by atoms with Gasteiger partial charge in [-0.15, -0.1) is 12.4 Å². The van der Waals surface area contributed by atoms with Gasteiger partial charge in [-0.25, -0.2) is 0 Å². The largest absolute Gasteiger partial charge is 0.491 e. The van der Waals surface area contributed by atoms with Gasteiger partial charge in [-0.3, -0.25) is 4.79 Å². The molecule has 1 aromatic carbocycles. The molecule has 2 aliphatic rings. The molecule has 24 heavy (non-hydrogen) atoms. The molecule has 0 bridgehead atoms. The maximum Gasteiger partial charge on any atom is 0.254 e. The lowest BCUT2D eigenvalue weighted by Crippen LogP contribution is -2.40. The van der Waals surface area contributed by atoms with Crippen molar-refractivity contribution >= 4 is 18.3 Å². The van der Waals surface area contributed by atoms with E-state index in [4.69, 9.17) is 9.47 Å². The number of amides is 1. The van der Waals surface area contributed by atoms with E-state index in [1.54, 1.807) is 0 Å². The number of likely N-dealkylation sites (N-methyl/N-ethyl adjacent to an activating group) is 1. The van der Waals surface area contributed by atoms with Crippen LogP contribution in [0.15, 0.2) is 24.3 Å². The summed E-state index contributed by atoms with van der Waals surface area (Å²) in [5, 5.41) is 3.17. The molecule has 5 nitrogen and oxygen atoms in total. The molecule has 2 atom stereocenters. The van der Waals surface area contributed by atoms with E-state index in [-0.39, 0.29) is 24.4 Å². The van der Waals surface area contributed by atoms with Crippen LogP contribution in [-0.2, 0) is 4.74 Å². The van der Waals surface area contributed by atoms with E-state index in [1.165, 1.54) is 0 Å². The fraction of sp³-hybridized carbons (Fsp3) is 0.611. The van der Waals surface area contributed by atoms with Crippen LogP contribution < -0.4 is 10.1 Å². The summed E-state index contributed by atoms with van der Waals surface area (Å²) in [5.41, 5.74) is 0.734. The van der Waals surface area contributed by atoms with E-state index < -0.39 is 0 Å². The van der Waals surface area contributed by atoms with Crippen LogP contribution in [0.25, 0.3) is 0 Å². The summed E-state index contributed by atoms with van der Waals surface area (Å²) in [6.07, 6.45) is 4.56. The summed E-state index contributed by atoms with van der Waals surface area (Å²) in [6, 6.07) is 7.79. The van der Waals surface area contributed by atoms with Crippen LogP contribution in [0, 0.1) is 0 Å². The highest BCUT2D eigenvalue weighted by Crippen LogP contribution is 2.21. The van der Waals surface area contributed by atoms with Crippen molar-refractivity contribution in [2.75, 3.05) is 33.4 Å². The Balaban J connectivity index is 0.00000208. The Morgan fingerprint density at radius 1 is 1.29 bits per heavy atom. The number of nitrogens with one attached hydrogen (secondary N) is 1. The maximum atomic E-state index is 12.6. The molecule has 2 saturated heterocycles. The van der Waals surface area contributed by atoms with Crippen LogP contribution in [0.5, 0.6) is 5.75 Å². The van der Waals surface area contributed by atoms with Crippen LogP contribution in [0.4, 0.5) is 0 Å². The average Bonchev–Trinajstić information content (AvgIpc) is 3.25. The molecule has 1 amide bonds. The zero-order chi connectivity index (χ0) is 16.1. The number of rotatable bonds is 6. The predicted octanol–water partition coefficient (Wildman–Crippen LogP) is 2.49. The quantitative estimate of drug-likeness (QED) is 0.852. The monoisotopic (exact) mass is 354 g/mol. The topological polar surface area (TPSA) is 50.8 Å². The number of ether oxygens (including phenoxy) is 2. The van der Waals surface area contributed by atoms with E-state index in [2.05, 4.69) is 5.32 Å². The molecule has 2 fully saturated rings. The molecule has 3 rings (SSSR count). The average molecular weight is 355 g/mol. The minimum atomic E-state index is 0. The van der Waals surface area contributed by atoms with Gasteiger partial charge in [0.25, 0.3) is 5.91 Å². The van der Waals surface area contributed by atoms with Crippen LogP contribution in [0.3, 0.4) is 0 Å². The van der Waals surface area contributed by atoms with Crippen LogP contribution in [0.2, 0.25) is 0 Å². The number of benzene rings is 1. The Kier molecular flexibility index (Phi) is 7.34. The third kappa shape index (κ3) is 4.62. The number of carbonyl (C=O) groups excluding carboxylic acids is 1. The van der Waals surface area contributed by atoms with E-state index in [1.807, 2.05) is 36.2 Å². The lowest BCUT2D eigenvalue weighted by molar-refractivity contribution is 0.0678. The van der Waals surface area contributed by atoms with Gasteiger partial charge >= 0.3 is 0 Å².